The molecule has 1 saturated heterocycles. The van der Waals surface area contributed by atoms with Crippen LogP contribution in [0.2, 0.25) is 0 Å². The van der Waals surface area contributed by atoms with Crippen LogP contribution in [0, 0.1) is 6.92 Å². The topological polar surface area (TPSA) is 19.4 Å². The normalized spacial score (nSPS) is 17.7. The highest BCUT2D eigenvalue weighted by atomic mass is 15.2. The first kappa shape index (κ1) is 12.4. The van der Waals surface area contributed by atoms with E-state index in [-0.39, 0.29) is 0 Å². The van der Waals surface area contributed by atoms with Crippen LogP contribution in [0.25, 0.3) is 10.9 Å². The highest BCUT2D eigenvalue weighted by molar-refractivity contribution is 5.92. The van der Waals surface area contributed by atoms with Gasteiger partial charge in [0, 0.05) is 36.9 Å². The largest absolute Gasteiger partial charge is 0.370 e. The first-order valence-corrected chi connectivity index (χ1v) is 7.03. The smallest absolute Gasteiger partial charge is 0.0722 e. The zero-order valence-corrected chi connectivity index (χ0v) is 11.8. The van der Waals surface area contributed by atoms with Crippen molar-refractivity contribution in [2.24, 2.45) is 0 Å². The molecule has 3 heteroatoms. The average Bonchev–Trinajstić information content (AvgIpc) is 2.63. The van der Waals surface area contributed by atoms with Gasteiger partial charge in [0.15, 0.2) is 0 Å². The van der Waals surface area contributed by atoms with Gasteiger partial charge in [0.25, 0.3) is 0 Å². The van der Waals surface area contributed by atoms with Crippen molar-refractivity contribution in [3.05, 3.63) is 36.0 Å². The van der Waals surface area contributed by atoms with E-state index in [9.17, 15) is 0 Å². The van der Waals surface area contributed by atoms with E-state index in [4.69, 9.17) is 0 Å². The molecular formula is C16H21N3. The van der Waals surface area contributed by atoms with Gasteiger partial charge < -0.3 is 9.80 Å². The SMILES string of the molecule is Cc1ccc2nccc(N3CCCN(C)CC3)c2c1. The van der Waals surface area contributed by atoms with Crippen LogP contribution >= 0.6 is 0 Å². The monoisotopic (exact) mass is 255 g/mol. The molecule has 0 amide bonds. The van der Waals surface area contributed by atoms with Crippen LogP contribution in [0.4, 0.5) is 5.69 Å². The predicted molar refractivity (Wildman–Crippen MR) is 80.8 cm³/mol. The standard InChI is InChI=1S/C16H21N3/c1-13-4-5-15-14(12-13)16(6-7-17-15)19-9-3-8-18(2)10-11-19/h4-7,12H,3,8-11H2,1-2H3. The first-order chi connectivity index (χ1) is 9.24. The van der Waals surface area contributed by atoms with Crippen molar-refractivity contribution in [1.82, 2.24) is 9.88 Å². The summed E-state index contributed by atoms with van der Waals surface area (Å²) in [5, 5.41) is 1.28. The molecule has 3 rings (SSSR count). The second-order valence-electron chi connectivity index (χ2n) is 5.49. The molecule has 1 aromatic heterocycles. The number of aromatic nitrogens is 1. The molecule has 0 atom stereocenters. The van der Waals surface area contributed by atoms with E-state index in [1.165, 1.54) is 29.6 Å². The Hall–Kier alpha value is -1.61. The summed E-state index contributed by atoms with van der Waals surface area (Å²) in [6.07, 6.45) is 3.16. The Bertz CT molecular complexity index is 579. The fourth-order valence-electron chi connectivity index (χ4n) is 2.81. The molecule has 0 saturated carbocycles. The van der Waals surface area contributed by atoms with Crippen LogP contribution in [0.1, 0.15) is 12.0 Å². The summed E-state index contributed by atoms with van der Waals surface area (Å²) in [6, 6.07) is 8.67. The van der Waals surface area contributed by atoms with Gasteiger partial charge in [0.1, 0.15) is 0 Å². The molecular weight excluding hydrogens is 234 g/mol. The summed E-state index contributed by atoms with van der Waals surface area (Å²) < 4.78 is 0. The molecule has 1 aliphatic heterocycles. The molecule has 2 heterocycles. The number of hydrogen-bond donors (Lipinski definition) is 0. The van der Waals surface area contributed by atoms with Gasteiger partial charge in [-0.1, -0.05) is 11.6 Å². The Balaban J connectivity index is 2.01. The summed E-state index contributed by atoms with van der Waals surface area (Å²) in [7, 11) is 2.21. The van der Waals surface area contributed by atoms with Gasteiger partial charge in [-0.05, 0) is 45.1 Å². The Kier molecular flexibility index (Phi) is 3.38. The lowest BCUT2D eigenvalue weighted by atomic mass is 10.1. The van der Waals surface area contributed by atoms with Crippen molar-refractivity contribution in [2.75, 3.05) is 38.1 Å². The van der Waals surface area contributed by atoms with Crippen molar-refractivity contribution in [2.45, 2.75) is 13.3 Å². The van der Waals surface area contributed by atoms with Crippen LogP contribution < -0.4 is 4.90 Å². The molecule has 1 aromatic carbocycles. The molecule has 19 heavy (non-hydrogen) atoms. The van der Waals surface area contributed by atoms with E-state index >= 15 is 0 Å². The quantitative estimate of drug-likeness (QED) is 0.781. The van der Waals surface area contributed by atoms with Crippen LogP contribution in [-0.4, -0.2) is 43.1 Å². The molecule has 0 unspecified atom stereocenters. The molecule has 1 fully saturated rings. The molecule has 3 nitrogen and oxygen atoms in total. The number of aryl methyl sites for hydroxylation is 1. The Morgan fingerprint density at radius 2 is 1.95 bits per heavy atom. The number of anilines is 1. The number of likely N-dealkylation sites (N-methyl/N-ethyl adjacent to an activating group) is 1. The maximum Gasteiger partial charge on any atom is 0.0722 e. The van der Waals surface area contributed by atoms with Gasteiger partial charge in [0.2, 0.25) is 0 Å². The number of nitrogens with zero attached hydrogens (tertiary/aromatic N) is 3. The minimum Gasteiger partial charge on any atom is -0.370 e. The molecule has 100 valence electrons. The predicted octanol–water partition coefficient (Wildman–Crippen LogP) is 2.69. The second-order valence-corrected chi connectivity index (χ2v) is 5.49. The Morgan fingerprint density at radius 3 is 2.84 bits per heavy atom. The van der Waals surface area contributed by atoms with Crippen LogP contribution in [0.5, 0.6) is 0 Å². The number of rotatable bonds is 1. The lowest BCUT2D eigenvalue weighted by molar-refractivity contribution is 0.360. The van der Waals surface area contributed by atoms with Crippen LogP contribution in [-0.2, 0) is 0 Å². The Labute approximate surface area is 114 Å². The van der Waals surface area contributed by atoms with E-state index in [2.05, 4.69) is 53.0 Å². The van der Waals surface area contributed by atoms with E-state index in [0.717, 1.165) is 25.2 Å². The van der Waals surface area contributed by atoms with E-state index < -0.39 is 0 Å². The third-order valence-electron chi connectivity index (χ3n) is 3.93. The summed E-state index contributed by atoms with van der Waals surface area (Å²) in [6.45, 7) is 6.71. The molecule has 0 bridgehead atoms. The molecule has 0 radical (unpaired) electrons. The van der Waals surface area contributed by atoms with E-state index in [1.54, 1.807) is 0 Å². The van der Waals surface area contributed by atoms with Gasteiger partial charge in [-0.15, -0.1) is 0 Å². The first-order valence-electron chi connectivity index (χ1n) is 7.03. The lowest BCUT2D eigenvalue weighted by Gasteiger charge is -2.24. The average molecular weight is 255 g/mol. The third kappa shape index (κ3) is 2.56. The number of pyridine rings is 1. The molecule has 0 N–H and O–H groups in total. The van der Waals surface area contributed by atoms with E-state index in [1.807, 2.05) is 6.20 Å². The zero-order chi connectivity index (χ0) is 13.2. The van der Waals surface area contributed by atoms with Crippen molar-refractivity contribution >= 4 is 16.6 Å². The van der Waals surface area contributed by atoms with Gasteiger partial charge in [-0.2, -0.15) is 0 Å². The van der Waals surface area contributed by atoms with Crippen molar-refractivity contribution in [3.63, 3.8) is 0 Å². The minimum atomic E-state index is 1.10. The summed E-state index contributed by atoms with van der Waals surface area (Å²) in [4.78, 5) is 9.40. The Morgan fingerprint density at radius 1 is 1.05 bits per heavy atom. The highest BCUT2D eigenvalue weighted by Gasteiger charge is 2.14. The van der Waals surface area contributed by atoms with Crippen molar-refractivity contribution in [1.29, 1.82) is 0 Å². The summed E-state index contributed by atoms with van der Waals surface area (Å²) in [5.41, 5.74) is 3.73. The van der Waals surface area contributed by atoms with Gasteiger partial charge in [-0.25, -0.2) is 0 Å². The van der Waals surface area contributed by atoms with Crippen molar-refractivity contribution in [3.8, 4) is 0 Å². The number of fused-ring (bicyclic) bond motifs is 1. The molecule has 0 aliphatic carbocycles. The lowest BCUT2D eigenvalue weighted by Crippen LogP contribution is -2.28. The summed E-state index contributed by atoms with van der Waals surface area (Å²) >= 11 is 0. The minimum absolute atomic E-state index is 1.10. The van der Waals surface area contributed by atoms with Crippen LogP contribution in [0.15, 0.2) is 30.5 Å². The third-order valence-corrected chi connectivity index (χ3v) is 3.93. The molecule has 1 aliphatic rings. The molecule has 0 spiro atoms. The maximum absolute atomic E-state index is 4.48. The van der Waals surface area contributed by atoms with Gasteiger partial charge in [-0.3, -0.25) is 4.98 Å². The van der Waals surface area contributed by atoms with Crippen LogP contribution in [0.3, 0.4) is 0 Å². The van der Waals surface area contributed by atoms with Gasteiger partial charge in [0.05, 0.1) is 5.52 Å². The second kappa shape index (κ2) is 5.17. The fourth-order valence-corrected chi connectivity index (χ4v) is 2.81. The zero-order valence-electron chi connectivity index (χ0n) is 11.8. The maximum atomic E-state index is 4.48. The summed E-state index contributed by atoms with van der Waals surface area (Å²) in [5.74, 6) is 0. The highest BCUT2D eigenvalue weighted by Crippen LogP contribution is 2.26. The number of hydrogen-bond acceptors (Lipinski definition) is 3. The molecule has 2 aromatic rings. The fraction of sp³-hybridized carbons (Fsp3) is 0.438. The van der Waals surface area contributed by atoms with Crippen molar-refractivity contribution < 1.29 is 0 Å². The van der Waals surface area contributed by atoms with Gasteiger partial charge >= 0.3 is 0 Å². The number of benzene rings is 1. The van der Waals surface area contributed by atoms with E-state index in [0.29, 0.717) is 0 Å².